The number of rotatable bonds is 17. The van der Waals surface area contributed by atoms with Crippen LogP contribution < -0.4 is 0 Å². The summed E-state index contributed by atoms with van der Waals surface area (Å²) in [5.74, 6) is -2.50. The molecule has 194 valence electrons. The number of hydrogen-bond acceptors (Lipinski definition) is 3. The summed E-state index contributed by atoms with van der Waals surface area (Å²) in [6.07, 6.45) is 7.98. The molecule has 0 bridgehead atoms. The maximum Gasteiger partial charge on any atom is 0.248 e. The van der Waals surface area contributed by atoms with E-state index in [4.69, 9.17) is 9.84 Å². The molecule has 1 fully saturated rings. The zero-order chi connectivity index (χ0) is 25.0. The second-order valence-electron chi connectivity index (χ2n) is 10.0. The summed E-state index contributed by atoms with van der Waals surface area (Å²) >= 11 is 0. The van der Waals surface area contributed by atoms with Gasteiger partial charge in [0.05, 0.1) is 18.3 Å². The van der Waals surface area contributed by atoms with Crippen molar-refractivity contribution in [3.8, 4) is 0 Å². The van der Waals surface area contributed by atoms with Crippen LogP contribution in [0.25, 0.3) is 0 Å². The van der Waals surface area contributed by atoms with Crippen molar-refractivity contribution in [2.24, 2.45) is 0 Å². The number of hydrogen-bond donors (Lipinski definition) is 0. The summed E-state index contributed by atoms with van der Waals surface area (Å²) in [6, 6.07) is 2.19. The number of aryl methyl sites for hydroxylation is 1. The highest BCUT2D eigenvalue weighted by Gasteiger charge is 2.36. The molecule has 0 aliphatic heterocycles. The van der Waals surface area contributed by atoms with Gasteiger partial charge in [0.1, 0.15) is 0 Å². The van der Waals surface area contributed by atoms with Gasteiger partial charge in [0.15, 0.2) is 0 Å². The van der Waals surface area contributed by atoms with Gasteiger partial charge >= 0.3 is 0 Å². The minimum Gasteiger partial charge on any atom is -0.381 e. The van der Waals surface area contributed by atoms with Crippen molar-refractivity contribution in [2.45, 2.75) is 103 Å². The number of aromatic nitrogens is 2. The quantitative estimate of drug-likeness (QED) is 0.173. The fourth-order valence-electron chi connectivity index (χ4n) is 4.73. The average Bonchev–Trinajstić information content (AvgIpc) is 3.14. The van der Waals surface area contributed by atoms with Gasteiger partial charge in [0.2, 0.25) is 5.92 Å². The van der Waals surface area contributed by atoms with Crippen molar-refractivity contribution < 1.29 is 13.5 Å². The maximum atomic E-state index is 13.5. The molecule has 1 aliphatic rings. The first-order valence-corrected chi connectivity index (χ1v) is 13.3. The molecule has 0 radical (unpaired) electrons. The Morgan fingerprint density at radius 3 is 2.47 bits per heavy atom. The van der Waals surface area contributed by atoms with E-state index in [0.717, 1.165) is 89.2 Å². The highest BCUT2D eigenvalue weighted by Crippen LogP contribution is 2.38. The third-order valence-corrected chi connectivity index (χ3v) is 6.71. The zero-order valence-corrected chi connectivity index (χ0v) is 21.9. The van der Waals surface area contributed by atoms with Gasteiger partial charge in [-0.15, -0.1) is 0 Å². The lowest BCUT2D eigenvalue weighted by Gasteiger charge is -2.29. The van der Waals surface area contributed by atoms with Crippen molar-refractivity contribution in [1.82, 2.24) is 14.7 Å². The Morgan fingerprint density at radius 1 is 1.06 bits per heavy atom. The van der Waals surface area contributed by atoms with Crippen molar-refractivity contribution in [2.75, 3.05) is 32.8 Å². The predicted octanol–water partition coefficient (Wildman–Crippen LogP) is 7.30. The van der Waals surface area contributed by atoms with Crippen LogP contribution in [0.3, 0.4) is 0 Å². The molecule has 1 aliphatic carbocycles. The second-order valence-corrected chi connectivity index (χ2v) is 10.0. The second kappa shape index (κ2) is 14.8. The minimum absolute atomic E-state index is 0.0355. The molecule has 1 aromatic rings. The van der Waals surface area contributed by atoms with E-state index in [1.807, 2.05) is 11.6 Å². The van der Waals surface area contributed by atoms with E-state index in [0.29, 0.717) is 12.8 Å². The predicted molar refractivity (Wildman–Crippen MR) is 138 cm³/mol. The van der Waals surface area contributed by atoms with Crippen molar-refractivity contribution >= 4 is 0 Å². The smallest absolute Gasteiger partial charge is 0.248 e. The van der Waals surface area contributed by atoms with Gasteiger partial charge in [0, 0.05) is 38.1 Å². The molecule has 0 unspecified atom stereocenters. The molecule has 0 amide bonds. The molecular weight excluding hydrogens is 432 g/mol. The molecule has 4 nitrogen and oxygen atoms in total. The number of nitrogens with zero attached hydrogens (tertiary/aromatic N) is 3. The van der Waals surface area contributed by atoms with E-state index < -0.39 is 5.92 Å². The number of alkyl halides is 2. The van der Waals surface area contributed by atoms with E-state index in [2.05, 4.69) is 38.0 Å². The highest BCUT2D eigenvalue weighted by atomic mass is 19.3. The van der Waals surface area contributed by atoms with Gasteiger partial charge in [-0.05, 0) is 77.4 Å². The van der Waals surface area contributed by atoms with E-state index in [1.54, 1.807) is 0 Å². The summed E-state index contributed by atoms with van der Waals surface area (Å²) < 4.78 is 34.6. The van der Waals surface area contributed by atoms with Crippen molar-refractivity contribution in [3.63, 3.8) is 0 Å². The third-order valence-electron chi connectivity index (χ3n) is 6.71. The largest absolute Gasteiger partial charge is 0.381 e. The van der Waals surface area contributed by atoms with Crippen LogP contribution in [-0.4, -0.2) is 53.5 Å². The molecule has 1 aromatic heterocycles. The van der Waals surface area contributed by atoms with Crippen LogP contribution in [0.2, 0.25) is 0 Å². The van der Waals surface area contributed by atoms with Crippen molar-refractivity contribution in [3.05, 3.63) is 41.8 Å². The lowest BCUT2D eigenvalue weighted by atomic mass is 9.92. The van der Waals surface area contributed by atoms with E-state index in [9.17, 15) is 8.78 Å². The Morgan fingerprint density at radius 2 is 1.79 bits per heavy atom. The molecule has 0 saturated heterocycles. The molecule has 0 spiro atoms. The van der Waals surface area contributed by atoms with Gasteiger partial charge < -0.3 is 9.64 Å². The fraction of sp³-hybridized carbons (Fsp3) is 0.750. The minimum atomic E-state index is -2.50. The van der Waals surface area contributed by atoms with Crippen LogP contribution in [-0.2, 0) is 11.2 Å². The van der Waals surface area contributed by atoms with E-state index in [1.165, 1.54) is 11.1 Å². The molecule has 1 saturated carbocycles. The standard InChI is InChI=1S/C28H47F2N3O/c1-6-16-32(17-8-9-23(3)13-20-34-19-7-2)18-12-24(4)21-26-22-25(5)33(31-26)27-10-14-28(29,30)15-11-27/h22,27H,3-4,6-21H2,1-2,5H3. The topological polar surface area (TPSA) is 30.3 Å². The summed E-state index contributed by atoms with van der Waals surface area (Å²) in [5.41, 5.74) is 4.53. The SMILES string of the molecule is C=C(CCCN(CCC)CCC(=C)Cc1cc(C)n(C2CCC(F)(F)CC2)n1)CCOCCC. The normalized spacial score (nSPS) is 16.3. The Kier molecular flexibility index (Phi) is 12.5. The third kappa shape index (κ3) is 10.4. The van der Waals surface area contributed by atoms with Gasteiger partial charge in [-0.2, -0.15) is 5.10 Å². The first kappa shape index (κ1) is 28.7. The molecule has 6 heteroatoms. The summed E-state index contributed by atoms with van der Waals surface area (Å²) in [4.78, 5) is 2.53. The molecule has 0 N–H and O–H groups in total. The Labute approximate surface area is 206 Å². The lowest BCUT2D eigenvalue weighted by Crippen LogP contribution is -2.27. The number of halogens is 2. The zero-order valence-electron chi connectivity index (χ0n) is 21.9. The molecule has 2 rings (SSSR count). The van der Waals surface area contributed by atoms with Crippen LogP contribution >= 0.6 is 0 Å². The molecule has 1 heterocycles. The molecular formula is C28H47F2N3O. The van der Waals surface area contributed by atoms with Crippen LogP contribution in [0.5, 0.6) is 0 Å². The first-order valence-electron chi connectivity index (χ1n) is 13.3. The Bertz CT molecular complexity index is 749. The summed E-state index contributed by atoms with van der Waals surface area (Å²) in [6.45, 7) is 19.7. The van der Waals surface area contributed by atoms with Gasteiger partial charge in [0.25, 0.3) is 0 Å². The van der Waals surface area contributed by atoms with Gasteiger partial charge in [-0.1, -0.05) is 38.2 Å². The Hall–Kier alpha value is -1.53. The lowest BCUT2D eigenvalue weighted by molar-refractivity contribution is -0.0451. The molecule has 0 aromatic carbocycles. The summed E-state index contributed by atoms with van der Waals surface area (Å²) in [5, 5.41) is 4.77. The van der Waals surface area contributed by atoms with Gasteiger partial charge in [-0.3, -0.25) is 4.68 Å². The number of ether oxygens (including phenoxy) is 1. The van der Waals surface area contributed by atoms with Crippen LogP contribution in [0.4, 0.5) is 8.78 Å². The monoisotopic (exact) mass is 479 g/mol. The highest BCUT2D eigenvalue weighted by molar-refractivity contribution is 5.16. The van der Waals surface area contributed by atoms with Gasteiger partial charge in [-0.25, -0.2) is 8.78 Å². The average molecular weight is 480 g/mol. The maximum absolute atomic E-state index is 13.5. The van der Waals surface area contributed by atoms with E-state index >= 15 is 0 Å². The first-order chi connectivity index (χ1) is 16.2. The van der Waals surface area contributed by atoms with Crippen molar-refractivity contribution in [1.29, 1.82) is 0 Å². The van der Waals surface area contributed by atoms with Crippen LogP contribution in [0.15, 0.2) is 30.4 Å². The van der Waals surface area contributed by atoms with E-state index in [-0.39, 0.29) is 18.9 Å². The molecule has 0 atom stereocenters. The molecule has 34 heavy (non-hydrogen) atoms. The summed E-state index contributed by atoms with van der Waals surface area (Å²) in [7, 11) is 0. The van der Waals surface area contributed by atoms with Crippen LogP contribution in [0.1, 0.15) is 95.5 Å². The Balaban J connectivity index is 1.73. The van der Waals surface area contributed by atoms with Crippen LogP contribution in [0, 0.1) is 6.92 Å². The fourth-order valence-corrected chi connectivity index (χ4v) is 4.73.